The Hall–Kier alpha value is -2.81. The minimum absolute atomic E-state index is 0.109. The summed E-state index contributed by atoms with van der Waals surface area (Å²) < 4.78 is 1.47. The van der Waals surface area contributed by atoms with Crippen LogP contribution >= 0.6 is 0 Å². The fourth-order valence-electron chi connectivity index (χ4n) is 1.81. The molecule has 21 heavy (non-hydrogen) atoms. The number of nitrogens with zero attached hydrogens (tertiary/aromatic N) is 3. The first-order valence-corrected chi connectivity index (χ1v) is 6.71. The van der Waals surface area contributed by atoms with Gasteiger partial charge in [-0.05, 0) is 37.6 Å². The molecule has 0 spiro atoms. The average Bonchev–Trinajstić information content (AvgIpc) is 2.88. The second-order valence-electron chi connectivity index (χ2n) is 4.80. The highest BCUT2D eigenvalue weighted by molar-refractivity contribution is 5.94. The number of nitriles is 1. The number of nitrogens with one attached hydrogen (secondary N) is 1. The number of hydrogen-bond acceptors (Lipinski definition) is 4. The Morgan fingerprint density at radius 1 is 1.48 bits per heavy atom. The predicted molar refractivity (Wildman–Crippen MR) is 79.9 cm³/mol. The molecule has 6 heteroatoms. The maximum Gasteiger partial charge on any atom is 0.251 e. The van der Waals surface area contributed by atoms with E-state index in [1.807, 2.05) is 19.9 Å². The Balaban J connectivity index is 2.21. The van der Waals surface area contributed by atoms with Crippen LogP contribution in [0.5, 0.6) is 0 Å². The lowest BCUT2D eigenvalue weighted by Crippen LogP contribution is -2.31. The monoisotopic (exact) mass is 283 g/mol. The minimum atomic E-state index is -0.109. The van der Waals surface area contributed by atoms with Crippen LogP contribution in [0.4, 0.5) is 5.82 Å². The first kappa shape index (κ1) is 14.6. The standard InChI is InChI=1S/C15H17N5O/c1-3-10(2)19-15(21)11-4-6-13(7-5-11)20-14(17)12(8-16)9-18-20/h4-7,9-10H,3,17H2,1-2H3,(H,19,21)/t10-/m1/s1. The maximum absolute atomic E-state index is 12.0. The Morgan fingerprint density at radius 2 is 2.14 bits per heavy atom. The molecule has 0 saturated heterocycles. The van der Waals surface area contributed by atoms with Gasteiger partial charge in [0.25, 0.3) is 5.91 Å². The molecule has 0 aliphatic heterocycles. The van der Waals surface area contributed by atoms with Crippen LogP contribution in [0, 0.1) is 11.3 Å². The minimum Gasteiger partial charge on any atom is -0.382 e. The van der Waals surface area contributed by atoms with Crippen molar-refractivity contribution in [1.82, 2.24) is 15.1 Å². The summed E-state index contributed by atoms with van der Waals surface area (Å²) in [5.41, 5.74) is 7.43. The smallest absolute Gasteiger partial charge is 0.251 e. The Morgan fingerprint density at radius 3 is 2.67 bits per heavy atom. The molecule has 1 aromatic heterocycles. The summed E-state index contributed by atoms with van der Waals surface area (Å²) in [6, 6.07) is 9.02. The number of rotatable bonds is 4. The maximum atomic E-state index is 12.0. The van der Waals surface area contributed by atoms with E-state index in [9.17, 15) is 4.79 Å². The van der Waals surface area contributed by atoms with E-state index in [2.05, 4.69) is 10.4 Å². The van der Waals surface area contributed by atoms with Crippen LogP contribution in [0.1, 0.15) is 36.2 Å². The average molecular weight is 283 g/mol. The van der Waals surface area contributed by atoms with E-state index in [4.69, 9.17) is 11.0 Å². The fourth-order valence-corrected chi connectivity index (χ4v) is 1.81. The van der Waals surface area contributed by atoms with E-state index >= 15 is 0 Å². The number of amides is 1. The van der Waals surface area contributed by atoms with Gasteiger partial charge in [0.2, 0.25) is 0 Å². The number of anilines is 1. The third-order valence-corrected chi connectivity index (χ3v) is 3.29. The second kappa shape index (κ2) is 6.09. The van der Waals surface area contributed by atoms with Gasteiger partial charge in [-0.2, -0.15) is 10.4 Å². The molecule has 0 saturated carbocycles. The van der Waals surface area contributed by atoms with Crippen molar-refractivity contribution in [3.05, 3.63) is 41.6 Å². The second-order valence-corrected chi connectivity index (χ2v) is 4.80. The molecule has 0 radical (unpaired) electrons. The first-order valence-electron chi connectivity index (χ1n) is 6.71. The molecule has 0 aliphatic carbocycles. The lowest BCUT2D eigenvalue weighted by molar-refractivity contribution is 0.0939. The number of aromatic nitrogens is 2. The van der Waals surface area contributed by atoms with Gasteiger partial charge in [0.1, 0.15) is 17.5 Å². The van der Waals surface area contributed by atoms with Crippen LogP contribution in [-0.2, 0) is 0 Å². The van der Waals surface area contributed by atoms with Gasteiger partial charge in [-0.25, -0.2) is 4.68 Å². The van der Waals surface area contributed by atoms with Crippen molar-refractivity contribution >= 4 is 11.7 Å². The predicted octanol–water partition coefficient (Wildman–Crippen LogP) is 1.85. The summed E-state index contributed by atoms with van der Waals surface area (Å²) in [5, 5.41) is 15.8. The Bertz CT molecular complexity index is 681. The molecule has 1 atom stereocenters. The van der Waals surface area contributed by atoms with Crippen LogP contribution < -0.4 is 11.1 Å². The molecule has 0 fully saturated rings. The van der Waals surface area contributed by atoms with Crippen molar-refractivity contribution in [3.63, 3.8) is 0 Å². The van der Waals surface area contributed by atoms with Crippen molar-refractivity contribution in [3.8, 4) is 11.8 Å². The number of nitrogen functional groups attached to an aromatic ring is 1. The lowest BCUT2D eigenvalue weighted by Gasteiger charge is -2.11. The summed E-state index contributed by atoms with van der Waals surface area (Å²) >= 11 is 0. The van der Waals surface area contributed by atoms with Gasteiger partial charge in [-0.15, -0.1) is 0 Å². The Kier molecular flexibility index (Phi) is 4.24. The summed E-state index contributed by atoms with van der Waals surface area (Å²) in [6.45, 7) is 3.97. The zero-order valence-electron chi connectivity index (χ0n) is 12.0. The number of carbonyl (C=O) groups is 1. The largest absolute Gasteiger partial charge is 0.382 e. The molecule has 2 aromatic rings. The molecule has 3 N–H and O–H groups in total. The van der Waals surface area contributed by atoms with Gasteiger partial charge < -0.3 is 11.1 Å². The van der Waals surface area contributed by atoms with Crippen molar-refractivity contribution in [2.24, 2.45) is 0 Å². The van der Waals surface area contributed by atoms with Crippen LogP contribution in [0.3, 0.4) is 0 Å². The summed E-state index contributed by atoms with van der Waals surface area (Å²) in [6.07, 6.45) is 2.30. The molecule has 1 aromatic carbocycles. The van der Waals surface area contributed by atoms with Crippen LogP contribution in [0.15, 0.2) is 30.5 Å². The zero-order chi connectivity index (χ0) is 15.4. The number of carbonyl (C=O) groups excluding carboxylic acids is 1. The zero-order valence-corrected chi connectivity index (χ0v) is 12.0. The summed E-state index contributed by atoms with van der Waals surface area (Å²) in [7, 11) is 0. The molecular formula is C15H17N5O. The van der Waals surface area contributed by atoms with E-state index in [0.717, 1.165) is 6.42 Å². The Labute approximate surface area is 123 Å². The SMILES string of the molecule is CC[C@@H](C)NC(=O)c1ccc(-n2ncc(C#N)c2N)cc1. The quantitative estimate of drug-likeness (QED) is 0.894. The topological polar surface area (TPSA) is 96.7 Å². The van der Waals surface area contributed by atoms with Gasteiger partial charge in [-0.3, -0.25) is 4.79 Å². The summed E-state index contributed by atoms with van der Waals surface area (Å²) in [4.78, 5) is 12.0. The van der Waals surface area contributed by atoms with Gasteiger partial charge in [-0.1, -0.05) is 6.92 Å². The van der Waals surface area contributed by atoms with E-state index in [1.165, 1.54) is 10.9 Å². The van der Waals surface area contributed by atoms with Gasteiger partial charge in [0.15, 0.2) is 0 Å². The third-order valence-electron chi connectivity index (χ3n) is 3.29. The van der Waals surface area contributed by atoms with Crippen LogP contribution in [0.2, 0.25) is 0 Å². The number of benzene rings is 1. The highest BCUT2D eigenvalue weighted by atomic mass is 16.1. The molecule has 0 bridgehead atoms. The van der Waals surface area contributed by atoms with E-state index in [1.54, 1.807) is 24.3 Å². The van der Waals surface area contributed by atoms with Crippen molar-refractivity contribution in [2.75, 3.05) is 5.73 Å². The van der Waals surface area contributed by atoms with E-state index < -0.39 is 0 Å². The highest BCUT2D eigenvalue weighted by Gasteiger charge is 2.11. The molecule has 2 rings (SSSR count). The molecule has 0 unspecified atom stereocenters. The third kappa shape index (κ3) is 3.03. The van der Waals surface area contributed by atoms with Crippen molar-refractivity contribution in [2.45, 2.75) is 26.3 Å². The molecule has 1 amide bonds. The molecule has 0 aliphatic rings. The number of nitrogens with two attached hydrogens (primary N) is 1. The van der Waals surface area contributed by atoms with E-state index in [0.29, 0.717) is 16.8 Å². The summed E-state index contributed by atoms with van der Waals surface area (Å²) in [5.74, 6) is 0.177. The molecule has 1 heterocycles. The van der Waals surface area contributed by atoms with E-state index in [-0.39, 0.29) is 17.8 Å². The normalized spacial score (nSPS) is 11.7. The van der Waals surface area contributed by atoms with Crippen LogP contribution in [0.25, 0.3) is 5.69 Å². The van der Waals surface area contributed by atoms with Gasteiger partial charge >= 0.3 is 0 Å². The van der Waals surface area contributed by atoms with Crippen molar-refractivity contribution in [1.29, 1.82) is 5.26 Å². The van der Waals surface area contributed by atoms with Crippen LogP contribution in [-0.4, -0.2) is 21.7 Å². The number of hydrogen-bond donors (Lipinski definition) is 2. The molecule has 6 nitrogen and oxygen atoms in total. The van der Waals surface area contributed by atoms with Gasteiger partial charge in [0.05, 0.1) is 11.9 Å². The first-order chi connectivity index (χ1) is 10.1. The lowest BCUT2D eigenvalue weighted by atomic mass is 10.1. The molecule has 108 valence electrons. The molecular weight excluding hydrogens is 266 g/mol. The fraction of sp³-hybridized carbons (Fsp3) is 0.267. The van der Waals surface area contributed by atoms with Crippen molar-refractivity contribution < 1.29 is 4.79 Å². The highest BCUT2D eigenvalue weighted by Crippen LogP contribution is 2.16. The van der Waals surface area contributed by atoms with Gasteiger partial charge in [0, 0.05) is 11.6 Å².